The molecule has 23 heavy (non-hydrogen) atoms. The quantitative estimate of drug-likeness (QED) is 0.689. The fourth-order valence-corrected chi connectivity index (χ4v) is 2.89. The molecule has 1 aromatic carbocycles. The molecule has 1 rings (SSSR count). The normalized spacial score (nSPS) is 11.3. The number of carboxylic acids is 1. The van der Waals surface area contributed by atoms with Crippen LogP contribution in [0.3, 0.4) is 0 Å². The minimum atomic E-state index is -3.76. The zero-order valence-electron chi connectivity index (χ0n) is 13.0. The molecule has 1 amide bonds. The van der Waals surface area contributed by atoms with E-state index in [0.29, 0.717) is 0 Å². The van der Waals surface area contributed by atoms with Gasteiger partial charge in [0, 0.05) is 18.2 Å². The molecular formula is C15H20N2O5S. The number of nitrogens with zero attached hydrogens (tertiary/aromatic N) is 1. The molecule has 0 aliphatic heterocycles. The molecule has 0 aromatic heterocycles. The maximum atomic E-state index is 12.4. The molecule has 0 aliphatic rings. The van der Waals surface area contributed by atoms with Crippen molar-refractivity contribution in [1.29, 1.82) is 0 Å². The number of aliphatic carboxylic acids is 1. The van der Waals surface area contributed by atoms with Gasteiger partial charge in [0.2, 0.25) is 10.0 Å². The second kappa shape index (κ2) is 7.89. The molecule has 0 saturated heterocycles. The van der Waals surface area contributed by atoms with E-state index in [1.165, 1.54) is 30.3 Å². The van der Waals surface area contributed by atoms with Crippen molar-refractivity contribution in [2.45, 2.75) is 24.8 Å². The van der Waals surface area contributed by atoms with Gasteiger partial charge in [-0.2, -0.15) is 0 Å². The molecular weight excluding hydrogens is 320 g/mol. The second-order valence-electron chi connectivity index (χ2n) is 5.09. The molecule has 2 N–H and O–H groups in total. The first-order valence-electron chi connectivity index (χ1n) is 6.92. The van der Waals surface area contributed by atoms with Gasteiger partial charge in [0.15, 0.2) is 0 Å². The molecule has 0 radical (unpaired) electrons. The van der Waals surface area contributed by atoms with E-state index in [2.05, 4.69) is 11.3 Å². The minimum absolute atomic E-state index is 0.0655. The van der Waals surface area contributed by atoms with Gasteiger partial charge in [0.25, 0.3) is 5.91 Å². The zero-order valence-corrected chi connectivity index (χ0v) is 13.8. The van der Waals surface area contributed by atoms with Crippen LogP contribution < -0.4 is 4.72 Å². The Hall–Kier alpha value is -2.19. The molecule has 1 aromatic rings. The van der Waals surface area contributed by atoms with Crippen LogP contribution in [-0.2, 0) is 14.8 Å². The highest BCUT2D eigenvalue weighted by Gasteiger charge is 2.23. The molecule has 8 heteroatoms. The number of carbonyl (C=O) groups excluding carboxylic acids is 1. The third kappa shape index (κ3) is 5.19. The van der Waals surface area contributed by atoms with E-state index in [-0.39, 0.29) is 23.0 Å². The van der Waals surface area contributed by atoms with Gasteiger partial charge < -0.3 is 10.0 Å². The monoisotopic (exact) mass is 340 g/mol. The summed E-state index contributed by atoms with van der Waals surface area (Å²) in [5.41, 5.74) is 0.112. The van der Waals surface area contributed by atoms with Crippen molar-refractivity contribution >= 4 is 21.9 Å². The van der Waals surface area contributed by atoms with E-state index >= 15 is 0 Å². The second-order valence-corrected chi connectivity index (χ2v) is 6.86. The lowest BCUT2D eigenvalue weighted by atomic mass is 10.1. The maximum Gasteiger partial charge on any atom is 0.323 e. The highest BCUT2D eigenvalue weighted by atomic mass is 32.2. The fourth-order valence-electron chi connectivity index (χ4n) is 1.85. The predicted molar refractivity (Wildman–Crippen MR) is 85.6 cm³/mol. The first-order valence-corrected chi connectivity index (χ1v) is 8.40. The summed E-state index contributed by atoms with van der Waals surface area (Å²) in [5, 5.41) is 8.90. The summed E-state index contributed by atoms with van der Waals surface area (Å²) in [6.45, 7) is 6.42. The standard InChI is InChI=1S/C15H20N2O5S/c1-4-8-16-23(21,22)13-7-5-6-12(9-13)15(20)17(11(2)3)10-14(18)19/h4-7,9,11,16H,1,8,10H2,2-3H3,(H,18,19). The van der Waals surface area contributed by atoms with Crippen molar-refractivity contribution in [3.05, 3.63) is 42.5 Å². The summed E-state index contributed by atoms with van der Waals surface area (Å²) in [6.07, 6.45) is 1.40. The summed E-state index contributed by atoms with van der Waals surface area (Å²) < 4.78 is 26.4. The number of rotatable bonds is 8. The lowest BCUT2D eigenvalue weighted by Gasteiger charge is -2.25. The van der Waals surface area contributed by atoms with E-state index in [1.54, 1.807) is 13.8 Å². The van der Waals surface area contributed by atoms with E-state index < -0.39 is 28.4 Å². The minimum Gasteiger partial charge on any atom is -0.480 e. The number of carboxylic acid groups (broad SMARTS) is 1. The van der Waals surface area contributed by atoms with Crippen LogP contribution in [0.15, 0.2) is 41.8 Å². The smallest absolute Gasteiger partial charge is 0.323 e. The van der Waals surface area contributed by atoms with Gasteiger partial charge in [-0.05, 0) is 32.0 Å². The molecule has 0 unspecified atom stereocenters. The van der Waals surface area contributed by atoms with Crippen LogP contribution in [0.4, 0.5) is 0 Å². The third-order valence-corrected chi connectivity index (χ3v) is 4.42. The summed E-state index contributed by atoms with van der Waals surface area (Å²) in [4.78, 5) is 24.4. The highest BCUT2D eigenvalue weighted by molar-refractivity contribution is 7.89. The number of benzene rings is 1. The van der Waals surface area contributed by atoms with Gasteiger partial charge in [-0.15, -0.1) is 6.58 Å². The summed E-state index contributed by atoms with van der Waals surface area (Å²) in [6, 6.07) is 5.14. The highest BCUT2D eigenvalue weighted by Crippen LogP contribution is 2.14. The van der Waals surface area contributed by atoms with Crippen molar-refractivity contribution in [2.75, 3.05) is 13.1 Å². The van der Waals surface area contributed by atoms with Crippen LogP contribution in [0.2, 0.25) is 0 Å². The molecule has 126 valence electrons. The van der Waals surface area contributed by atoms with Crippen LogP contribution >= 0.6 is 0 Å². The Morgan fingerprint density at radius 3 is 2.57 bits per heavy atom. The average molecular weight is 340 g/mol. The van der Waals surface area contributed by atoms with Crippen molar-refractivity contribution in [3.8, 4) is 0 Å². The zero-order chi connectivity index (χ0) is 17.6. The van der Waals surface area contributed by atoms with Gasteiger partial charge in [-0.1, -0.05) is 12.1 Å². The third-order valence-electron chi connectivity index (χ3n) is 3.00. The van der Waals surface area contributed by atoms with Crippen molar-refractivity contribution in [1.82, 2.24) is 9.62 Å². The lowest BCUT2D eigenvalue weighted by molar-refractivity contribution is -0.138. The molecule has 0 spiro atoms. The van der Waals surface area contributed by atoms with Crippen LogP contribution in [0.1, 0.15) is 24.2 Å². The van der Waals surface area contributed by atoms with E-state index in [0.717, 1.165) is 4.90 Å². The molecule has 0 bridgehead atoms. The van der Waals surface area contributed by atoms with E-state index in [1.807, 2.05) is 0 Å². The summed E-state index contributed by atoms with van der Waals surface area (Å²) >= 11 is 0. The Kier molecular flexibility index (Phi) is 6.47. The Balaban J connectivity index is 3.14. The molecule has 0 saturated carbocycles. The first-order chi connectivity index (χ1) is 10.7. The van der Waals surface area contributed by atoms with Gasteiger partial charge in [0.05, 0.1) is 4.90 Å². The summed E-state index contributed by atoms with van der Waals surface area (Å²) in [5.74, 6) is -1.67. The Morgan fingerprint density at radius 1 is 1.39 bits per heavy atom. The van der Waals surface area contributed by atoms with E-state index in [4.69, 9.17) is 5.11 Å². The van der Waals surface area contributed by atoms with Gasteiger partial charge in [-0.3, -0.25) is 9.59 Å². The Morgan fingerprint density at radius 2 is 2.04 bits per heavy atom. The molecule has 0 atom stereocenters. The number of carbonyl (C=O) groups is 2. The first kappa shape index (κ1) is 18.9. The average Bonchev–Trinajstić information content (AvgIpc) is 2.49. The van der Waals surface area contributed by atoms with Crippen LogP contribution in [0.25, 0.3) is 0 Å². The Labute approximate surface area is 135 Å². The molecule has 0 fully saturated rings. The SMILES string of the molecule is C=CCNS(=O)(=O)c1cccc(C(=O)N(CC(=O)O)C(C)C)c1. The van der Waals surface area contributed by atoms with Crippen LogP contribution in [-0.4, -0.2) is 49.4 Å². The van der Waals surface area contributed by atoms with Gasteiger partial charge >= 0.3 is 5.97 Å². The lowest BCUT2D eigenvalue weighted by Crippen LogP contribution is -2.40. The fraction of sp³-hybridized carbons (Fsp3) is 0.333. The van der Waals surface area contributed by atoms with Gasteiger partial charge in [-0.25, -0.2) is 13.1 Å². The number of amides is 1. The van der Waals surface area contributed by atoms with E-state index in [9.17, 15) is 18.0 Å². The number of hydrogen-bond acceptors (Lipinski definition) is 4. The largest absolute Gasteiger partial charge is 0.480 e. The maximum absolute atomic E-state index is 12.4. The van der Waals surface area contributed by atoms with Crippen molar-refractivity contribution < 1.29 is 23.1 Å². The molecule has 0 heterocycles. The number of sulfonamides is 1. The number of nitrogens with one attached hydrogen (secondary N) is 1. The Bertz CT molecular complexity index is 698. The van der Waals surface area contributed by atoms with Crippen LogP contribution in [0, 0.1) is 0 Å². The molecule has 0 aliphatic carbocycles. The van der Waals surface area contributed by atoms with Crippen molar-refractivity contribution in [2.24, 2.45) is 0 Å². The van der Waals surface area contributed by atoms with Crippen LogP contribution in [0.5, 0.6) is 0 Å². The predicted octanol–water partition coefficient (Wildman–Crippen LogP) is 1.09. The molecule has 7 nitrogen and oxygen atoms in total. The topological polar surface area (TPSA) is 104 Å². The van der Waals surface area contributed by atoms with Gasteiger partial charge in [0.1, 0.15) is 6.54 Å². The van der Waals surface area contributed by atoms with Crippen molar-refractivity contribution in [3.63, 3.8) is 0 Å². The number of hydrogen-bond donors (Lipinski definition) is 2. The summed E-state index contributed by atoms with van der Waals surface area (Å²) in [7, 11) is -3.76.